The molecule has 3 aromatic rings. The lowest BCUT2D eigenvalue weighted by Gasteiger charge is -2.08. The summed E-state index contributed by atoms with van der Waals surface area (Å²) >= 11 is 0. The van der Waals surface area contributed by atoms with E-state index in [-0.39, 0.29) is 5.69 Å². The number of carbonyl (C=O) groups is 1. The Kier molecular flexibility index (Phi) is 3.73. The first-order valence-corrected chi connectivity index (χ1v) is 6.69. The van der Waals surface area contributed by atoms with Crippen LogP contribution in [-0.4, -0.2) is 27.1 Å². The van der Waals surface area contributed by atoms with E-state index in [2.05, 4.69) is 10.3 Å². The molecule has 1 heterocycles. The van der Waals surface area contributed by atoms with Crippen LogP contribution in [0.5, 0.6) is 0 Å². The van der Waals surface area contributed by atoms with E-state index in [4.69, 9.17) is 0 Å². The first-order valence-electron chi connectivity index (χ1n) is 6.69. The largest absolute Gasteiger partial charge is 0.471 e. The topological polar surface area (TPSA) is 59.8 Å². The molecule has 23 heavy (non-hydrogen) atoms. The number of nitrogens with zero attached hydrogens (tertiary/aromatic N) is 3. The molecule has 0 saturated carbocycles. The lowest BCUT2D eigenvalue weighted by Crippen LogP contribution is -2.29. The van der Waals surface area contributed by atoms with Crippen molar-refractivity contribution in [2.24, 2.45) is 0 Å². The molecule has 8 heteroatoms. The molecule has 0 unspecified atom stereocenters. The molecule has 0 spiro atoms. The monoisotopic (exact) mass is 320 g/mol. The van der Waals surface area contributed by atoms with Gasteiger partial charge in [-0.15, -0.1) is 5.10 Å². The Morgan fingerprint density at radius 3 is 2.57 bits per heavy atom. The second-order valence-electron chi connectivity index (χ2n) is 4.89. The molecule has 118 valence electrons. The Bertz CT molecular complexity index is 843. The molecular formula is C15H11F3N4O. The molecule has 0 aliphatic heterocycles. The first kappa shape index (κ1) is 15.0. The summed E-state index contributed by atoms with van der Waals surface area (Å²) in [4.78, 5) is 10.9. The lowest BCUT2D eigenvalue weighted by molar-refractivity contribution is -0.167. The number of carbonyl (C=O) groups excluding carboxylic acids is 1. The standard InChI is InChI=1S/C15H11F3N4O/c16-15(17,18)14(23)19-11-6-7-13-12(8-11)20-21-22(13)9-10-4-2-1-3-5-10/h1-8H,9H2,(H,19,23). The van der Waals surface area contributed by atoms with Crippen LogP contribution in [-0.2, 0) is 11.3 Å². The lowest BCUT2D eigenvalue weighted by atomic mass is 10.2. The normalized spacial score (nSPS) is 11.6. The summed E-state index contributed by atoms with van der Waals surface area (Å²) in [6.07, 6.45) is -4.93. The molecule has 3 rings (SSSR count). The van der Waals surface area contributed by atoms with Crippen LogP contribution >= 0.6 is 0 Å². The van der Waals surface area contributed by atoms with Gasteiger partial charge in [-0.25, -0.2) is 4.68 Å². The van der Waals surface area contributed by atoms with Gasteiger partial charge < -0.3 is 5.32 Å². The van der Waals surface area contributed by atoms with E-state index in [0.717, 1.165) is 5.56 Å². The SMILES string of the molecule is O=C(Nc1ccc2c(c1)nnn2Cc1ccccc1)C(F)(F)F. The number of benzene rings is 2. The molecule has 0 saturated heterocycles. The van der Waals surface area contributed by atoms with E-state index in [1.54, 1.807) is 16.1 Å². The third-order valence-electron chi connectivity index (χ3n) is 3.20. The third kappa shape index (κ3) is 3.31. The van der Waals surface area contributed by atoms with Crippen LogP contribution in [0.4, 0.5) is 18.9 Å². The van der Waals surface area contributed by atoms with Crippen molar-refractivity contribution in [2.75, 3.05) is 5.32 Å². The van der Waals surface area contributed by atoms with E-state index in [1.807, 2.05) is 30.3 Å². The van der Waals surface area contributed by atoms with Crippen molar-refractivity contribution in [1.29, 1.82) is 0 Å². The van der Waals surface area contributed by atoms with Gasteiger partial charge >= 0.3 is 12.1 Å². The number of aromatic nitrogens is 3. The van der Waals surface area contributed by atoms with Crippen LogP contribution in [0.3, 0.4) is 0 Å². The highest BCUT2D eigenvalue weighted by atomic mass is 19.4. The van der Waals surface area contributed by atoms with Crippen molar-refractivity contribution in [3.63, 3.8) is 0 Å². The molecule has 2 aromatic carbocycles. The predicted octanol–water partition coefficient (Wildman–Crippen LogP) is 2.98. The average Bonchev–Trinajstić information content (AvgIpc) is 2.90. The zero-order valence-corrected chi connectivity index (χ0v) is 11.7. The summed E-state index contributed by atoms with van der Waals surface area (Å²) in [5, 5.41) is 9.71. The Morgan fingerprint density at radius 2 is 1.87 bits per heavy atom. The van der Waals surface area contributed by atoms with Crippen LogP contribution in [0.15, 0.2) is 48.5 Å². The first-order chi connectivity index (χ1) is 10.9. The fourth-order valence-corrected chi connectivity index (χ4v) is 2.13. The fraction of sp³-hybridized carbons (Fsp3) is 0.133. The maximum atomic E-state index is 12.3. The molecule has 1 amide bonds. The van der Waals surface area contributed by atoms with Crippen molar-refractivity contribution < 1.29 is 18.0 Å². The van der Waals surface area contributed by atoms with Gasteiger partial charge in [-0.1, -0.05) is 35.5 Å². The number of amides is 1. The van der Waals surface area contributed by atoms with Crippen molar-refractivity contribution >= 4 is 22.6 Å². The van der Waals surface area contributed by atoms with Crippen LogP contribution in [0.25, 0.3) is 11.0 Å². The summed E-state index contributed by atoms with van der Waals surface area (Å²) in [5.41, 5.74) is 2.11. The van der Waals surface area contributed by atoms with E-state index in [1.165, 1.54) is 12.1 Å². The highest BCUT2D eigenvalue weighted by Crippen LogP contribution is 2.21. The number of alkyl halides is 3. The highest BCUT2D eigenvalue weighted by molar-refractivity contribution is 5.96. The summed E-state index contributed by atoms with van der Waals surface area (Å²) in [6.45, 7) is 0.492. The zero-order valence-electron chi connectivity index (χ0n) is 11.7. The number of nitrogens with one attached hydrogen (secondary N) is 1. The minimum Gasteiger partial charge on any atom is -0.318 e. The van der Waals surface area contributed by atoms with Gasteiger partial charge in [0.15, 0.2) is 0 Å². The quantitative estimate of drug-likeness (QED) is 0.807. The van der Waals surface area contributed by atoms with Gasteiger partial charge in [0.05, 0.1) is 12.1 Å². The number of rotatable bonds is 3. The zero-order chi connectivity index (χ0) is 16.4. The maximum Gasteiger partial charge on any atom is 0.471 e. The maximum absolute atomic E-state index is 12.3. The van der Waals surface area contributed by atoms with Crippen molar-refractivity contribution in [1.82, 2.24) is 15.0 Å². The Labute approximate surface area is 128 Å². The van der Waals surface area contributed by atoms with E-state index < -0.39 is 12.1 Å². The molecule has 0 bridgehead atoms. The molecule has 0 atom stereocenters. The number of hydrogen-bond acceptors (Lipinski definition) is 3. The van der Waals surface area contributed by atoms with E-state index >= 15 is 0 Å². The van der Waals surface area contributed by atoms with Crippen LogP contribution in [0, 0.1) is 0 Å². The van der Waals surface area contributed by atoms with E-state index in [0.29, 0.717) is 17.6 Å². The predicted molar refractivity (Wildman–Crippen MR) is 77.8 cm³/mol. The van der Waals surface area contributed by atoms with Crippen LogP contribution < -0.4 is 5.32 Å². The minimum atomic E-state index is -4.93. The number of fused-ring (bicyclic) bond motifs is 1. The van der Waals surface area contributed by atoms with Crippen LogP contribution in [0.1, 0.15) is 5.56 Å². The van der Waals surface area contributed by atoms with Crippen molar-refractivity contribution in [3.8, 4) is 0 Å². The van der Waals surface area contributed by atoms with Gasteiger partial charge in [0.1, 0.15) is 5.52 Å². The third-order valence-corrected chi connectivity index (χ3v) is 3.20. The Morgan fingerprint density at radius 1 is 1.13 bits per heavy atom. The Balaban J connectivity index is 1.84. The molecule has 1 aromatic heterocycles. The number of anilines is 1. The number of hydrogen-bond donors (Lipinski definition) is 1. The highest BCUT2D eigenvalue weighted by Gasteiger charge is 2.38. The average molecular weight is 320 g/mol. The number of halogens is 3. The molecular weight excluding hydrogens is 309 g/mol. The van der Waals surface area contributed by atoms with E-state index in [9.17, 15) is 18.0 Å². The second kappa shape index (κ2) is 5.71. The van der Waals surface area contributed by atoms with Crippen molar-refractivity contribution in [3.05, 3.63) is 54.1 Å². The van der Waals surface area contributed by atoms with Crippen LogP contribution in [0.2, 0.25) is 0 Å². The van der Waals surface area contributed by atoms with Gasteiger partial charge in [-0.3, -0.25) is 4.79 Å². The fourth-order valence-electron chi connectivity index (χ4n) is 2.13. The summed E-state index contributed by atoms with van der Waals surface area (Å²) in [6, 6.07) is 13.9. The molecule has 1 N–H and O–H groups in total. The van der Waals surface area contributed by atoms with Gasteiger partial charge in [-0.05, 0) is 23.8 Å². The molecule has 0 radical (unpaired) electrons. The van der Waals surface area contributed by atoms with Crippen molar-refractivity contribution in [2.45, 2.75) is 12.7 Å². The smallest absolute Gasteiger partial charge is 0.318 e. The summed E-state index contributed by atoms with van der Waals surface area (Å²) in [5.74, 6) is -2.02. The molecule has 0 fully saturated rings. The molecule has 5 nitrogen and oxygen atoms in total. The molecule has 0 aliphatic rings. The Hall–Kier alpha value is -2.90. The molecule has 0 aliphatic carbocycles. The van der Waals surface area contributed by atoms with Gasteiger partial charge in [0.25, 0.3) is 0 Å². The van der Waals surface area contributed by atoms with Gasteiger partial charge in [0.2, 0.25) is 0 Å². The second-order valence-corrected chi connectivity index (χ2v) is 4.89. The summed E-state index contributed by atoms with van der Waals surface area (Å²) < 4.78 is 38.4. The minimum absolute atomic E-state index is 0.0200. The van der Waals surface area contributed by atoms with Gasteiger partial charge in [-0.2, -0.15) is 13.2 Å². The summed E-state index contributed by atoms with van der Waals surface area (Å²) in [7, 11) is 0. The van der Waals surface area contributed by atoms with Gasteiger partial charge in [0, 0.05) is 5.69 Å².